The lowest BCUT2D eigenvalue weighted by atomic mass is 9.90. The van der Waals surface area contributed by atoms with Gasteiger partial charge in [-0.3, -0.25) is 14.2 Å². The second-order valence-electron chi connectivity index (χ2n) is 6.58. The Kier molecular flexibility index (Phi) is 8.92. The minimum atomic E-state index is -0.133. The van der Waals surface area contributed by atoms with Gasteiger partial charge in [0, 0.05) is 24.2 Å². The lowest BCUT2D eigenvalue weighted by molar-refractivity contribution is -0.104. The van der Waals surface area contributed by atoms with E-state index in [2.05, 4.69) is 11.6 Å². The predicted octanol–water partition coefficient (Wildman–Crippen LogP) is 3.76. The van der Waals surface area contributed by atoms with Crippen molar-refractivity contribution in [2.45, 2.75) is 26.3 Å². The molecule has 0 radical (unpaired) electrons. The maximum absolute atomic E-state index is 12.4. The number of aldehydes is 1. The summed E-state index contributed by atoms with van der Waals surface area (Å²) in [6.45, 7) is 7.64. The summed E-state index contributed by atoms with van der Waals surface area (Å²) in [6, 6.07) is 9.20. The molecule has 0 bridgehead atoms. The molecule has 1 N–H and O–H groups in total. The van der Waals surface area contributed by atoms with Crippen molar-refractivity contribution in [3.63, 3.8) is 0 Å². The first-order valence-electron chi connectivity index (χ1n) is 9.63. The van der Waals surface area contributed by atoms with Gasteiger partial charge in [-0.25, -0.2) is 4.98 Å². The third-order valence-corrected chi connectivity index (χ3v) is 4.54. The summed E-state index contributed by atoms with van der Waals surface area (Å²) < 4.78 is 6.83. The number of allylic oxidation sites excluding steroid dienone is 3. The van der Waals surface area contributed by atoms with Gasteiger partial charge in [-0.1, -0.05) is 36.9 Å². The molecule has 29 heavy (non-hydrogen) atoms. The number of carbonyl (C=O) groups excluding carboxylic acids is 1. The van der Waals surface area contributed by atoms with E-state index in [0.717, 1.165) is 23.0 Å². The summed E-state index contributed by atoms with van der Waals surface area (Å²) in [5, 5.41) is 7.64. The molecule has 1 unspecified atom stereocenters. The van der Waals surface area contributed by atoms with Gasteiger partial charge in [0.2, 0.25) is 0 Å². The van der Waals surface area contributed by atoms with Crippen LogP contribution in [0.15, 0.2) is 60.2 Å². The van der Waals surface area contributed by atoms with E-state index in [9.17, 15) is 9.59 Å². The molecule has 2 aromatic rings. The molecule has 1 heterocycles. The minimum Gasteiger partial charge on any atom is -0.380 e. The van der Waals surface area contributed by atoms with Gasteiger partial charge in [-0.2, -0.15) is 0 Å². The Hall–Kier alpha value is -3.12. The van der Waals surface area contributed by atoms with E-state index in [1.54, 1.807) is 12.4 Å². The Labute approximate surface area is 171 Å². The number of nitrogens with one attached hydrogen (secondary N) is 1. The molecule has 6 nitrogen and oxygen atoms in total. The number of carbonyl (C=O) groups is 1. The fraction of sp³-hybridized carbons (Fsp3) is 0.304. The van der Waals surface area contributed by atoms with Crippen LogP contribution in [-0.4, -0.2) is 35.3 Å². The maximum atomic E-state index is 12.4. The molecule has 2 rings (SSSR count). The molecular formula is C23H27N3O3. The number of nitrogens with zero attached hydrogens (tertiary/aromatic N) is 2. The average molecular weight is 393 g/mol. The Balaban J connectivity index is 2.23. The molecular weight excluding hydrogens is 366 g/mol. The fourth-order valence-electron chi connectivity index (χ4n) is 3.01. The number of ether oxygens (including phenoxy) is 1. The summed E-state index contributed by atoms with van der Waals surface area (Å²) in [5.74, 6) is -0.0497. The van der Waals surface area contributed by atoms with Gasteiger partial charge in [-0.15, -0.1) is 0 Å². The van der Waals surface area contributed by atoms with E-state index >= 15 is 0 Å². The normalized spacial score (nSPS) is 12.0. The van der Waals surface area contributed by atoms with Crippen molar-refractivity contribution in [1.29, 1.82) is 5.41 Å². The summed E-state index contributed by atoms with van der Waals surface area (Å²) >= 11 is 0. The van der Waals surface area contributed by atoms with Crippen LogP contribution in [0.1, 0.15) is 25.3 Å². The number of hydrogen-bond acceptors (Lipinski definition) is 5. The summed E-state index contributed by atoms with van der Waals surface area (Å²) in [6.07, 6.45) is 8.02. The Bertz CT molecular complexity index is 931. The highest BCUT2D eigenvalue weighted by atomic mass is 16.5. The smallest absolute Gasteiger partial charge is 0.253 e. The van der Waals surface area contributed by atoms with Gasteiger partial charge in [-0.05, 0) is 43.2 Å². The molecule has 0 fully saturated rings. The number of hydrogen-bond donors (Lipinski definition) is 1. The van der Waals surface area contributed by atoms with Crippen LogP contribution in [0.5, 0.6) is 0 Å². The highest BCUT2D eigenvalue weighted by Gasteiger charge is 2.13. The van der Waals surface area contributed by atoms with E-state index in [1.807, 2.05) is 31.2 Å². The van der Waals surface area contributed by atoms with Crippen LogP contribution in [0.25, 0.3) is 16.8 Å². The highest BCUT2D eigenvalue weighted by molar-refractivity contribution is 5.80. The topological polar surface area (TPSA) is 85.0 Å². The predicted molar refractivity (Wildman–Crippen MR) is 116 cm³/mol. The van der Waals surface area contributed by atoms with Gasteiger partial charge in [0.25, 0.3) is 5.56 Å². The van der Waals surface area contributed by atoms with Crippen LogP contribution in [0.4, 0.5) is 0 Å². The van der Waals surface area contributed by atoms with E-state index in [1.165, 1.54) is 22.9 Å². The zero-order chi connectivity index (χ0) is 21.1. The van der Waals surface area contributed by atoms with Crippen molar-refractivity contribution in [3.8, 4) is 11.3 Å². The molecule has 0 aliphatic heterocycles. The molecule has 0 spiro atoms. The van der Waals surface area contributed by atoms with Crippen molar-refractivity contribution in [2.75, 3.05) is 13.2 Å². The van der Waals surface area contributed by atoms with Gasteiger partial charge >= 0.3 is 0 Å². The maximum Gasteiger partial charge on any atom is 0.253 e. The average Bonchev–Trinajstić information content (AvgIpc) is 2.74. The molecule has 0 aliphatic carbocycles. The molecule has 1 aromatic heterocycles. The van der Waals surface area contributed by atoms with Crippen molar-refractivity contribution in [3.05, 3.63) is 71.3 Å². The van der Waals surface area contributed by atoms with Crippen LogP contribution >= 0.6 is 0 Å². The van der Waals surface area contributed by atoms with Crippen molar-refractivity contribution in [1.82, 2.24) is 9.55 Å². The zero-order valence-electron chi connectivity index (χ0n) is 16.7. The monoisotopic (exact) mass is 393 g/mol. The third-order valence-electron chi connectivity index (χ3n) is 4.54. The van der Waals surface area contributed by atoms with Crippen LogP contribution < -0.4 is 5.56 Å². The minimum absolute atomic E-state index is 0.0497. The van der Waals surface area contributed by atoms with Crippen molar-refractivity contribution >= 4 is 18.1 Å². The highest BCUT2D eigenvalue weighted by Crippen LogP contribution is 2.30. The first-order valence-corrected chi connectivity index (χ1v) is 9.63. The van der Waals surface area contributed by atoms with Gasteiger partial charge < -0.3 is 10.1 Å². The standard InChI is InChI=1S/C23H27N3O3/c1-3-29-13-11-26-17-25-22(15-23(26)28)21-10-5-4-9-20(21)18(2)14-19(16-24)8-6-7-12-27/h4-7,9-10,12,15-17,19,24H,2-3,8,11,13-14H2,1H3/b7-6+,24-16?. The third kappa shape index (κ3) is 6.47. The fourth-order valence-corrected chi connectivity index (χ4v) is 3.01. The van der Waals surface area contributed by atoms with Crippen LogP contribution in [-0.2, 0) is 16.1 Å². The Morgan fingerprint density at radius 3 is 2.86 bits per heavy atom. The summed E-state index contributed by atoms with van der Waals surface area (Å²) in [4.78, 5) is 27.3. The summed E-state index contributed by atoms with van der Waals surface area (Å²) in [5.41, 5.74) is 3.05. The van der Waals surface area contributed by atoms with Crippen LogP contribution in [0, 0.1) is 11.3 Å². The lowest BCUT2D eigenvalue weighted by Crippen LogP contribution is -2.22. The molecule has 0 amide bonds. The molecule has 1 aromatic carbocycles. The van der Waals surface area contributed by atoms with Gasteiger partial charge in [0.05, 0.1) is 25.2 Å². The quantitative estimate of drug-likeness (QED) is 0.257. The van der Waals surface area contributed by atoms with E-state index in [4.69, 9.17) is 10.1 Å². The summed E-state index contributed by atoms with van der Waals surface area (Å²) in [7, 11) is 0. The Morgan fingerprint density at radius 1 is 1.38 bits per heavy atom. The van der Waals surface area contributed by atoms with E-state index < -0.39 is 0 Å². The van der Waals surface area contributed by atoms with E-state index in [-0.39, 0.29) is 11.5 Å². The van der Waals surface area contributed by atoms with Crippen molar-refractivity contribution < 1.29 is 9.53 Å². The van der Waals surface area contributed by atoms with E-state index in [0.29, 0.717) is 38.3 Å². The molecule has 0 aliphatic rings. The largest absolute Gasteiger partial charge is 0.380 e. The second-order valence-corrected chi connectivity index (χ2v) is 6.58. The first kappa shape index (κ1) is 22.2. The van der Waals surface area contributed by atoms with Gasteiger partial charge in [0.15, 0.2) is 0 Å². The molecule has 152 valence electrons. The molecule has 0 saturated heterocycles. The van der Waals surface area contributed by atoms with Gasteiger partial charge in [0.1, 0.15) is 6.29 Å². The van der Waals surface area contributed by atoms with Crippen LogP contribution in [0.3, 0.4) is 0 Å². The second kappa shape index (κ2) is 11.7. The SMILES string of the molecule is C=C(CC(C=N)C/C=C/C=O)c1ccccc1-c1cc(=O)n(CCOCC)cn1. The molecule has 1 atom stereocenters. The zero-order valence-corrected chi connectivity index (χ0v) is 16.7. The molecule has 0 saturated carbocycles. The Morgan fingerprint density at radius 2 is 2.17 bits per heavy atom. The molecule has 6 heteroatoms. The number of rotatable bonds is 12. The van der Waals surface area contributed by atoms with Crippen molar-refractivity contribution in [2.24, 2.45) is 5.92 Å². The number of aromatic nitrogens is 2. The first-order chi connectivity index (χ1) is 14.1. The number of benzene rings is 1. The van der Waals surface area contributed by atoms with Crippen LogP contribution in [0.2, 0.25) is 0 Å². The lowest BCUT2D eigenvalue weighted by Gasteiger charge is -2.15.